The predicted molar refractivity (Wildman–Crippen MR) is 236 cm³/mol. The molecule has 3 atom stereocenters. The normalized spacial score (nSPS) is 20.6. The van der Waals surface area contributed by atoms with E-state index in [2.05, 4.69) is 16.0 Å². The summed E-state index contributed by atoms with van der Waals surface area (Å²) < 4.78 is 0. The third-order valence-electron chi connectivity index (χ3n) is 11.7. The highest BCUT2D eigenvalue weighted by atomic mass is 16.5. The van der Waals surface area contributed by atoms with Crippen LogP contribution in [0.25, 0.3) is 0 Å². The van der Waals surface area contributed by atoms with Crippen molar-refractivity contribution < 1.29 is 69.3 Å². The van der Waals surface area contributed by atoms with Gasteiger partial charge in [-0.25, -0.2) is 0 Å². The summed E-state index contributed by atoms with van der Waals surface area (Å²) in [7, 11) is 0. The zero-order valence-electron chi connectivity index (χ0n) is 38.2. The fourth-order valence-corrected chi connectivity index (χ4v) is 7.94. The van der Waals surface area contributed by atoms with E-state index in [1.54, 1.807) is 24.5 Å². The Balaban J connectivity index is 2.00. The molecule has 2 saturated heterocycles. The predicted octanol–water partition coefficient (Wildman–Crippen LogP) is -3.97. The van der Waals surface area contributed by atoms with E-state index in [9.17, 15) is 69.3 Å². The Hall–Kier alpha value is -4.11. The Morgan fingerprint density at radius 3 is 1.31 bits per heavy atom. The minimum Gasteiger partial charge on any atom is -0.480 e. The number of nitrogens with one attached hydrogen (secondary N) is 3. The molecule has 0 radical (unpaired) electrons. The first-order chi connectivity index (χ1) is 30.8. The molecule has 10 N–H and O–H groups in total. The van der Waals surface area contributed by atoms with Gasteiger partial charge in [0, 0.05) is 123 Å². The van der Waals surface area contributed by atoms with E-state index in [0.29, 0.717) is 78.2 Å². The van der Waals surface area contributed by atoms with Crippen LogP contribution < -0.4 is 16.0 Å². The largest absolute Gasteiger partial charge is 0.480 e. The first-order valence-electron chi connectivity index (χ1n) is 22.6. The average molecular weight is 933 g/mol. The van der Waals surface area contributed by atoms with Crippen molar-refractivity contribution >= 4 is 41.7 Å². The van der Waals surface area contributed by atoms with E-state index in [1.165, 1.54) is 0 Å². The van der Waals surface area contributed by atoms with Crippen molar-refractivity contribution in [3.8, 4) is 0 Å². The number of rotatable bonds is 24. The van der Waals surface area contributed by atoms with Crippen LogP contribution in [-0.4, -0.2) is 281 Å². The lowest BCUT2D eigenvalue weighted by Crippen LogP contribution is -2.51. The zero-order chi connectivity index (χ0) is 48.3. The molecule has 0 aromatic heterocycles. The van der Waals surface area contributed by atoms with Gasteiger partial charge in [0.25, 0.3) is 0 Å². The topological polar surface area (TPSA) is 320 Å². The Morgan fingerprint density at radius 1 is 0.538 bits per heavy atom. The fourth-order valence-electron chi connectivity index (χ4n) is 7.94. The van der Waals surface area contributed by atoms with Crippen molar-refractivity contribution in [3.05, 3.63) is 0 Å². The molecule has 0 aliphatic carbocycles. The monoisotopic (exact) mass is 933 g/mol. The second-order valence-corrected chi connectivity index (χ2v) is 17.1. The van der Waals surface area contributed by atoms with Gasteiger partial charge in [-0.1, -0.05) is 20.3 Å². The van der Waals surface area contributed by atoms with Gasteiger partial charge in [-0.15, -0.1) is 0 Å². The molecule has 0 spiro atoms. The van der Waals surface area contributed by atoms with Crippen LogP contribution in [0.1, 0.15) is 46.0 Å². The lowest BCUT2D eigenvalue weighted by atomic mass is 9.94. The summed E-state index contributed by atoms with van der Waals surface area (Å²) in [6.45, 7) is 7.57. The lowest BCUT2D eigenvalue weighted by molar-refractivity contribution is -0.140. The number of aliphatic carboxylic acids is 5. The third kappa shape index (κ3) is 27.2. The number of carboxylic acid groups (broad SMARTS) is 5. The maximum Gasteiger partial charge on any atom is 0.317 e. The minimum absolute atomic E-state index is 0.00323. The van der Waals surface area contributed by atoms with Crippen LogP contribution in [0.2, 0.25) is 0 Å². The highest BCUT2D eigenvalue weighted by Gasteiger charge is 2.25. The number of carboxylic acids is 5. The van der Waals surface area contributed by atoms with Crippen molar-refractivity contribution in [3.63, 3.8) is 0 Å². The van der Waals surface area contributed by atoms with Gasteiger partial charge in [0.05, 0.1) is 45.8 Å². The van der Waals surface area contributed by atoms with Gasteiger partial charge in [0.1, 0.15) is 0 Å². The van der Waals surface area contributed by atoms with Gasteiger partial charge in [0.15, 0.2) is 6.29 Å². The summed E-state index contributed by atoms with van der Waals surface area (Å²) in [5.41, 5.74) is 0. The number of hydrogen-bond acceptors (Lipinski definition) is 17. The van der Waals surface area contributed by atoms with E-state index in [0.717, 1.165) is 6.42 Å². The first-order valence-corrected chi connectivity index (χ1v) is 22.6. The summed E-state index contributed by atoms with van der Waals surface area (Å²) in [6, 6.07) is -0.642. The van der Waals surface area contributed by atoms with Crippen LogP contribution in [-0.2, 0) is 33.6 Å². The van der Waals surface area contributed by atoms with Gasteiger partial charge < -0.3 is 51.7 Å². The minimum atomic E-state index is -1.63. The van der Waals surface area contributed by atoms with Crippen molar-refractivity contribution in [2.24, 2.45) is 5.92 Å². The second-order valence-electron chi connectivity index (χ2n) is 17.1. The molecule has 3 unspecified atom stereocenters. The molecule has 0 saturated carbocycles. The molecule has 374 valence electrons. The number of hydrogen-bond donors (Lipinski definition) is 10. The number of carbonyl (C=O) groups is 7. The number of carbonyl (C=O) groups excluding carboxylic acids is 2. The molecule has 65 heavy (non-hydrogen) atoms. The number of nitrogens with zero attached hydrogens (tertiary/aromatic N) is 7. The van der Waals surface area contributed by atoms with Gasteiger partial charge >= 0.3 is 29.8 Å². The second kappa shape index (κ2) is 31.7. The smallest absolute Gasteiger partial charge is 0.317 e. The van der Waals surface area contributed by atoms with Crippen LogP contribution in [0.3, 0.4) is 0 Å². The molecule has 0 aromatic rings. The van der Waals surface area contributed by atoms with E-state index in [1.807, 2.05) is 23.6 Å². The molecule has 2 amide bonds. The van der Waals surface area contributed by atoms with Crippen molar-refractivity contribution in [2.45, 2.75) is 64.3 Å². The fraction of sp³-hybridized carbons (Fsp3) is 0.829. The molecule has 24 nitrogen and oxygen atoms in total. The number of amides is 2. The molecule has 24 heteroatoms. The van der Waals surface area contributed by atoms with E-state index in [4.69, 9.17) is 0 Å². The van der Waals surface area contributed by atoms with Crippen LogP contribution in [0, 0.1) is 5.92 Å². The molecule has 2 fully saturated rings. The van der Waals surface area contributed by atoms with Crippen molar-refractivity contribution in [1.82, 2.24) is 50.2 Å². The quantitative estimate of drug-likeness (QED) is 0.0326. The van der Waals surface area contributed by atoms with E-state index >= 15 is 0 Å². The highest BCUT2D eigenvalue weighted by molar-refractivity contribution is 5.78. The molecular weight excluding hydrogens is 857 g/mol. The standard InChI is InChI=1S/C41H76N10O14/c1-3-31(2)33(44-35(53)25-46-11-14-47(26-37(56)57)16-18-49(28-39(60)61)19-17-48(15-12-46)27-38(58)59)6-4-5-7-43-34(52)24-45-9-8-42-32(22-36(54)55)23-51(30-41(64)65)21-20-50(13-10-45)29-40(62)63/h31-33,36,42,54-55H,3-30H2,1-2H3,(H,43,52)(H,44,53)(H,56,57)(H,58,59)(H,60,61)(H,62,63)(H,64,65). The summed E-state index contributed by atoms with van der Waals surface area (Å²) in [6.07, 6.45) is 1.09. The molecular formula is C41H76N10O14. The van der Waals surface area contributed by atoms with Gasteiger partial charge in [0.2, 0.25) is 11.8 Å². The van der Waals surface area contributed by atoms with Crippen molar-refractivity contribution in [2.75, 3.05) is 151 Å². The molecule has 0 aromatic carbocycles. The molecule has 2 rings (SSSR count). The van der Waals surface area contributed by atoms with E-state index in [-0.39, 0.29) is 122 Å². The SMILES string of the molecule is CCC(C)C(CCCCNC(=O)CN1CCNC(CC(O)O)CN(CC(=O)O)CCN(CC(=O)O)CC1)NC(=O)CN1CCN(CC(=O)O)CCN(CC(=O)O)CCN(CC(=O)O)CC1. The van der Waals surface area contributed by atoms with Gasteiger partial charge in [-0.05, 0) is 25.2 Å². The van der Waals surface area contributed by atoms with Crippen LogP contribution in [0.15, 0.2) is 0 Å². The maximum atomic E-state index is 13.6. The van der Waals surface area contributed by atoms with Gasteiger partial charge in [-0.2, -0.15) is 0 Å². The summed E-state index contributed by atoms with van der Waals surface area (Å²) in [5, 5.41) is 76.1. The Morgan fingerprint density at radius 2 is 0.908 bits per heavy atom. The number of aliphatic hydroxyl groups excluding tert-OH is 1. The molecule has 2 heterocycles. The van der Waals surface area contributed by atoms with Gasteiger partial charge in [-0.3, -0.25) is 67.9 Å². The maximum absolute atomic E-state index is 13.6. The summed E-state index contributed by atoms with van der Waals surface area (Å²) in [4.78, 5) is 96.9. The molecule has 0 bridgehead atoms. The van der Waals surface area contributed by atoms with E-state index < -0.39 is 42.2 Å². The number of unbranched alkanes of at least 4 members (excludes halogenated alkanes) is 1. The summed E-state index contributed by atoms with van der Waals surface area (Å²) in [5.74, 6) is -5.52. The Kier molecular flexibility index (Phi) is 27.8. The third-order valence-corrected chi connectivity index (χ3v) is 11.7. The first kappa shape index (κ1) is 57.0. The van der Waals surface area contributed by atoms with Crippen LogP contribution in [0.5, 0.6) is 0 Å². The zero-order valence-corrected chi connectivity index (χ0v) is 38.2. The number of aliphatic hydroxyl groups is 2. The Bertz CT molecular complexity index is 1450. The Labute approximate surface area is 381 Å². The molecule has 2 aliphatic rings. The summed E-state index contributed by atoms with van der Waals surface area (Å²) >= 11 is 0. The molecule has 2 aliphatic heterocycles. The average Bonchev–Trinajstić information content (AvgIpc) is 3.19. The van der Waals surface area contributed by atoms with Crippen molar-refractivity contribution in [1.29, 1.82) is 0 Å². The van der Waals surface area contributed by atoms with Crippen LogP contribution >= 0.6 is 0 Å². The van der Waals surface area contributed by atoms with Crippen LogP contribution in [0.4, 0.5) is 0 Å². The highest BCUT2D eigenvalue weighted by Crippen LogP contribution is 2.14. The lowest BCUT2D eigenvalue weighted by Gasteiger charge is -2.33.